The lowest BCUT2D eigenvalue weighted by molar-refractivity contribution is -0.141. The van der Waals surface area contributed by atoms with Gasteiger partial charge in [-0.25, -0.2) is 4.39 Å². The van der Waals surface area contributed by atoms with Gasteiger partial charge in [0.15, 0.2) is 0 Å². The molecule has 4 rings (SSSR count). The smallest absolute Gasteiger partial charge is 0.321 e. The second kappa shape index (κ2) is 7.16. The van der Waals surface area contributed by atoms with Crippen molar-refractivity contribution in [1.29, 1.82) is 0 Å². The highest BCUT2D eigenvalue weighted by atomic mass is 35.5. The van der Waals surface area contributed by atoms with E-state index in [2.05, 4.69) is 0 Å². The quantitative estimate of drug-likeness (QED) is 0.486. The number of nitrogens with zero attached hydrogens (tertiary/aromatic N) is 1. The van der Waals surface area contributed by atoms with Gasteiger partial charge in [0.05, 0.1) is 11.1 Å². The van der Waals surface area contributed by atoms with Gasteiger partial charge in [-0.1, -0.05) is 24.3 Å². The van der Waals surface area contributed by atoms with Gasteiger partial charge in [0.1, 0.15) is 18.3 Å². The summed E-state index contributed by atoms with van der Waals surface area (Å²) in [5.74, 6) is -0.883. The standard InChI is InChI=1S/C21H17ClFNO3/c22-11-19(25)27-12-15-3-1-2-4-18(15)24-8-7-14-9-16(13-5-6-13)10-17(23)20(14)21(24)26/h1-4,7-10,13H,5-6,11-12H2. The van der Waals surface area contributed by atoms with E-state index in [4.69, 9.17) is 16.3 Å². The average Bonchev–Trinajstić information content (AvgIpc) is 3.51. The number of pyridine rings is 1. The molecule has 3 aromatic rings. The lowest BCUT2D eigenvalue weighted by Crippen LogP contribution is -2.20. The topological polar surface area (TPSA) is 48.3 Å². The molecule has 0 unspecified atom stereocenters. The van der Waals surface area contributed by atoms with E-state index in [9.17, 15) is 14.0 Å². The van der Waals surface area contributed by atoms with Gasteiger partial charge in [-0.2, -0.15) is 0 Å². The van der Waals surface area contributed by atoms with E-state index in [-0.39, 0.29) is 17.9 Å². The Kier molecular flexibility index (Phi) is 4.70. The Morgan fingerprint density at radius 3 is 2.74 bits per heavy atom. The molecule has 0 atom stereocenters. The van der Waals surface area contributed by atoms with Crippen LogP contribution in [0.25, 0.3) is 16.5 Å². The Labute approximate surface area is 160 Å². The number of carbonyl (C=O) groups excluding carboxylic acids is 1. The molecule has 0 radical (unpaired) electrons. The fraction of sp³-hybridized carbons (Fsp3) is 0.238. The maximum absolute atomic E-state index is 14.7. The zero-order chi connectivity index (χ0) is 19.0. The highest BCUT2D eigenvalue weighted by molar-refractivity contribution is 6.26. The molecular weight excluding hydrogens is 369 g/mol. The van der Waals surface area contributed by atoms with E-state index in [0.717, 1.165) is 18.4 Å². The third-order valence-corrected chi connectivity index (χ3v) is 4.99. The van der Waals surface area contributed by atoms with Crippen LogP contribution < -0.4 is 5.56 Å². The molecule has 138 valence electrons. The van der Waals surface area contributed by atoms with Crippen LogP contribution in [0, 0.1) is 5.82 Å². The number of rotatable bonds is 5. The molecule has 0 amide bonds. The SMILES string of the molecule is O=C(CCl)OCc1ccccc1-n1ccc2cc(C3CC3)cc(F)c2c1=O. The maximum atomic E-state index is 14.7. The summed E-state index contributed by atoms with van der Waals surface area (Å²) < 4.78 is 21.2. The van der Waals surface area contributed by atoms with Crippen LogP contribution in [0.1, 0.15) is 29.9 Å². The first-order chi connectivity index (χ1) is 13.1. The van der Waals surface area contributed by atoms with Gasteiger partial charge in [-0.05, 0) is 47.9 Å². The van der Waals surface area contributed by atoms with Gasteiger partial charge in [0, 0.05) is 11.8 Å². The Balaban J connectivity index is 1.80. The zero-order valence-corrected chi connectivity index (χ0v) is 15.2. The highest BCUT2D eigenvalue weighted by Crippen LogP contribution is 2.41. The number of fused-ring (bicyclic) bond motifs is 1. The van der Waals surface area contributed by atoms with E-state index >= 15 is 0 Å². The van der Waals surface area contributed by atoms with Crippen molar-refractivity contribution in [3.05, 3.63) is 76.0 Å². The molecule has 0 N–H and O–H groups in total. The van der Waals surface area contributed by atoms with Crippen molar-refractivity contribution >= 4 is 28.3 Å². The number of para-hydroxylation sites is 1. The number of hydrogen-bond acceptors (Lipinski definition) is 3. The minimum Gasteiger partial charge on any atom is -0.460 e. The molecule has 1 fully saturated rings. The highest BCUT2D eigenvalue weighted by Gasteiger charge is 2.25. The minimum absolute atomic E-state index is 0.0185. The minimum atomic E-state index is -0.545. The van der Waals surface area contributed by atoms with Gasteiger partial charge < -0.3 is 4.74 Å². The summed E-state index contributed by atoms with van der Waals surface area (Å²) in [6.45, 7) is -0.0185. The number of hydrogen-bond donors (Lipinski definition) is 0. The lowest BCUT2D eigenvalue weighted by atomic mass is 10.0. The lowest BCUT2D eigenvalue weighted by Gasteiger charge is -2.13. The fourth-order valence-corrected chi connectivity index (χ4v) is 3.33. The first kappa shape index (κ1) is 17.7. The molecular formula is C21H17ClFNO3. The van der Waals surface area contributed by atoms with Gasteiger partial charge >= 0.3 is 5.97 Å². The molecule has 4 nitrogen and oxygen atoms in total. The van der Waals surface area contributed by atoms with Crippen LogP contribution in [0.15, 0.2) is 53.5 Å². The Morgan fingerprint density at radius 1 is 1.22 bits per heavy atom. The van der Waals surface area contributed by atoms with Gasteiger partial charge in [-0.3, -0.25) is 14.2 Å². The van der Waals surface area contributed by atoms with E-state index in [1.54, 1.807) is 36.5 Å². The second-order valence-electron chi connectivity index (χ2n) is 6.66. The second-order valence-corrected chi connectivity index (χ2v) is 6.92. The van der Waals surface area contributed by atoms with Crippen molar-refractivity contribution in [2.75, 3.05) is 5.88 Å². The van der Waals surface area contributed by atoms with Crippen LogP contribution in [0.4, 0.5) is 4.39 Å². The average molecular weight is 386 g/mol. The number of carbonyl (C=O) groups is 1. The van der Waals surface area contributed by atoms with Crippen LogP contribution in [0.5, 0.6) is 0 Å². The molecule has 27 heavy (non-hydrogen) atoms. The third kappa shape index (κ3) is 3.47. The van der Waals surface area contributed by atoms with Crippen molar-refractivity contribution in [2.24, 2.45) is 0 Å². The van der Waals surface area contributed by atoms with E-state index in [1.807, 2.05) is 6.07 Å². The summed E-state index contributed by atoms with van der Waals surface area (Å²) in [5, 5.41) is 0.665. The van der Waals surface area contributed by atoms with Crippen molar-refractivity contribution in [3.8, 4) is 5.69 Å². The van der Waals surface area contributed by atoms with Gasteiger partial charge in [-0.15, -0.1) is 11.6 Å². The molecule has 1 aliphatic rings. The molecule has 0 aliphatic heterocycles. The molecule has 2 aromatic carbocycles. The number of halogens is 2. The summed E-state index contributed by atoms with van der Waals surface area (Å²) in [7, 11) is 0. The zero-order valence-electron chi connectivity index (χ0n) is 14.5. The summed E-state index contributed by atoms with van der Waals surface area (Å²) in [6, 6.07) is 12.1. The molecule has 0 bridgehead atoms. The van der Waals surface area contributed by atoms with Crippen LogP contribution in [-0.4, -0.2) is 16.4 Å². The van der Waals surface area contributed by atoms with Crippen LogP contribution in [0.3, 0.4) is 0 Å². The molecule has 0 spiro atoms. The molecule has 1 aromatic heterocycles. The predicted octanol–water partition coefficient (Wildman–Crippen LogP) is 4.29. The third-order valence-electron chi connectivity index (χ3n) is 4.78. The predicted molar refractivity (Wildman–Crippen MR) is 102 cm³/mol. The van der Waals surface area contributed by atoms with Crippen molar-refractivity contribution in [2.45, 2.75) is 25.4 Å². The molecule has 1 aliphatic carbocycles. The van der Waals surface area contributed by atoms with E-state index in [0.29, 0.717) is 22.6 Å². The van der Waals surface area contributed by atoms with Crippen LogP contribution in [0.2, 0.25) is 0 Å². The first-order valence-electron chi connectivity index (χ1n) is 8.73. The number of aromatic nitrogens is 1. The Hall–Kier alpha value is -2.66. The molecule has 6 heteroatoms. The summed E-state index contributed by atoms with van der Waals surface area (Å²) in [6.07, 6.45) is 3.76. The summed E-state index contributed by atoms with van der Waals surface area (Å²) in [4.78, 5) is 24.3. The van der Waals surface area contributed by atoms with Crippen molar-refractivity contribution < 1.29 is 13.9 Å². The van der Waals surface area contributed by atoms with Gasteiger partial charge in [0.2, 0.25) is 0 Å². The van der Waals surface area contributed by atoms with E-state index < -0.39 is 17.3 Å². The molecule has 1 saturated carbocycles. The van der Waals surface area contributed by atoms with Gasteiger partial charge in [0.25, 0.3) is 5.56 Å². The molecule has 1 heterocycles. The Bertz CT molecular complexity index is 1090. The van der Waals surface area contributed by atoms with E-state index in [1.165, 1.54) is 10.6 Å². The number of ether oxygens (including phenoxy) is 1. The van der Waals surface area contributed by atoms with Crippen LogP contribution >= 0.6 is 11.6 Å². The Morgan fingerprint density at radius 2 is 2.00 bits per heavy atom. The number of alkyl halides is 1. The number of benzene rings is 2. The first-order valence-corrected chi connectivity index (χ1v) is 9.26. The van der Waals surface area contributed by atoms with Crippen molar-refractivity contribution in [3.63, 3.8) is 0 Å². The van der Waals surface area contributed by atoms with Crippen molar-refractivity contribution in [1.82, 2.24) is 4.57 Å². The largest absolute Gasteiger partial charge is 0.460 e. The summed E-state index contributed by atoms with van der Waals surface area (Å²) >= 11 is 5.45. The van der Waals surface area contributed by atoms with Crippen LogP contribution in [-0.2, 0) is 16.1 Å². The molecule has 0 saturated heterocycles. The maximum Gasteiger partial charge on any atom is 0.321 e. The normalized spacial score (nSPS) is 13.7. The fourth-order valence-electron chi connectivity index (χ4n) is 3.26. The number of esters is 1. The monoisotopic (exact) mass is 385 g/mol. The summed E-state index contributed by atoms with van der Waals surface area (Å²) in [5.41, 5.74) is 1.68.